The maximum absolute atomic E-state index is 12.7. The van der Waals surface area contributed by atoms with E-state index < -0.39 is 0 Å². The second-order valence-electron chi connectivity index (χ2n) is 6.86. The second-order valence-corrected chi connectivity index (χ2v) is 6.86. The summed E-state index contributed by atoms with van der Waals surface area (Å²) < 4.78 is 11.2. The lowest BCUT2D eigenvalue weighted by Crippen LogP contribution is -2.14. The number of hydrogen-bond acceptors (Lipinski definition) is 8. The molecule has 9 nitrogen and oxygen atoms in total. The van der Waals surface area contributed by atoms with Crippen LogP contribution in [0.3, 0.4) is 0 Å². The predicted octanol–water partition coefficient (Wildman–Crippen LogP) is 4.04. The van der Waals surface area contributed by atoms with E-state index in [-0.39, 0.29) is 24.4 Å². The van der Waals surface area contributed by atoms with E-state index in [9.17, 15) is 4.79 Å². The summed E-state index contributed by atoms with van der Waals surface area (Å²) in [5.74, 6) is 1.33. The van der Waals surface area contributed by atoms with E-state index in [4.69, 9.17) is 15.2 Å². The molecule has 0 unspecified atom stereocenters. The van der Waals surface area contributed by atoms with Gasteiger partial charge in [0.1, 0.15) is 18.1 Å². The van der Waals surface area contributed by atoms with Crippen molar-refractivity contribution in [1.29, 1.82) is 0 Å². The Hall–Kier alpha value is -4.66. The van der Waals surface area contributed by atoms with Gasteiger partial charge in [-0.25, -0.2) is 0 Å². The number of carbonyl (C=O) groups excluding carboxylic acids is 1. The third-order valence-electron chi connectivity index (χ3n) is 4.57. The molecule has 0 spiro atoms. The van der Waals surface area contributed by atoms with Gasteiger partial charge in [0.2, 0.25) is 11.9 Å². The average Bonchev–Trinajstić information content (AvgIpc) is 2.83. The van der Waals surface area contributed by atoms with E-state index in [0.29, 0.717) is 34.3 Å². The molecule has 33 heavy (non-hydrogen) atoms. The Labute approximate surface area is 190 Å². The number of para-hydroxylation sites is 4. The normalized spacial score (nSPS) is 10.3. The number of nitrogens with one attached hydrogen (secondary N) is 2. The fourth-order valence-corrected chi connectivity index (χ4v) is 3.07. The van der Waals surface area contributed by atoms with Crippen LogP contribution in [-0.4, -0.2) is 28.0 Å². The summed E-state index contributed by atoms with van der Waals surface area (Å²) in [4.78, 5) is 25.4. The summed E-state index contributed by atoms with van der Waals surface area (Å²) in [5, 5.41) is 5.92. The molecule has 0 saturated carbocycles. The largest absolute Gasteiger partial charge is 0.495 e. The lowest BCUT2D eigenvalue weighted by molar-refractivity contribution is 0.102. The first-order chi connectivity index (χ1) is 16.1. The molecule has 0 saturated heterocycles. The smallest absolute Gasteiger partial charge is 0.259 e. The SMILES string of the molecule is COc1ccccc1Nc1nc(N)nc(COc2ccccc2C(=O)Nc2ccccc2)n1. The molecule has 9 heteroatoms. The van der Waals surface area contributed by atoms with Gasteiger partial charge in [-0.15, -0.1) is 0 Å². The Morgan fingerprint density at radius 2 is 1.58 bits per heavy atom. The molecule has 0 radical (unpaired) electrons. The summed E-state index contributed by atoms with van der Waals surface area (Å²) in [5.41, 5.74) is 7.62. The number of nitrogens with zero attached hydrogens (tertiary/aromatic N) is 3. The Morgan fingerprint density at radius 1 is 0.879 bits per heavy atom. The molecule has 0 aliphatic rings. The fraction of sp³-hybridized carbons (Fsp3) is 0.0833. The third-order valence-corrected chi connectivity index (χ3v) is 4.57. The van der Waals surface area contributed by atoms with Crippen LogP contribution in [-0.2, 0) is 6.61 Å². The van der Waals surface area contributed by atoms with Crippen LogP contribution < -0.4 is 25.8 Å². The van der Waals surface area contributed by atoms with Gasteiger partial charge in [-0.3, -0.25) is 4.79 Å². The van der Waals surface area contributed by atoms with Crippen LogP contribution in [0.1, 0.15) is 16.2 Å². The Balaban J connectivity index is 1.49. The molecule has 4 N–H and O–H groups in total. The molecular formula is C24H22N6O3. The molecule has 0 bridgehead atoms. The van der Waals surface area contributed by atoms with Crippen LogP contribution in [0.15, 0.2) is 78.9 Å². The van der Waals surface area contributed by atoms with Gasteiger partial charge in [0, 0.05) is 5.69 Å². The number of aromatic nitrogens is 3. The Bertz CT molecular complexity index is 1250. The quantitative estimate of drug-likeness (QED) is 0.373. The van der Waals surface area contributed by atoms with Crippen molar-refractivity contribution in [2.45, 2.75) is 6.61 Å². The topological polar surface area (TPSA) is 124 Å². The number of ether oxygens (including phenoxy) is 2. The van der Waals surface area contributed by atoms with E-state index in [1.54, 1.807) is 31.4 Å². The number of hydrogen-bond donors (Lipinski definition) is 3. The minimum atomic E-state index is -0.287. The molecule has 0 fully saturated rings. The van der Waals surface area contributed by atoms with Crippen LogP contribution in [0.4, 0.5) is 23.3 Å². The molecule has 4 rings (SSSR count). The number of benzene rings is 3. The standard InChI is InChI=1S/C24H22N6O3/c1-32-20-14-8-6-12-18(20)27-24-29-21(28-23(25)30-24)15-33-19-13-7-5-11-17(19)22(31)26-16-9-3-2-4-10-16/h2-14H,15H2,1H3,(H,26,31)(H3,25,27,28,29,30). The number of nitrogen functional groups attached to an aromatic ring is 1. The van der Waals surface area contributed by atoms with Gasteiger partial charge in [0.05, 0.1) is 18.4 Å². The third kappa shape index (κ3) is 5.53. The zero-order chi connectivity index (χ0) is 23.0. The van der Waals surface area contributed by atoms with Crippen LogP contribution in [0.5, 0.6) is 11.5 Å². The van der Waals surface area contributed by atoms with Crippen molar-refractivity contribution >= 4 is 29.2 Å². The number of amides is 1. The van der Waals surface area contributed by atoms with Crippen molar-refractivity contribution in [3.8, 4) is 11.5 Å². The van der Waals surface area contributed by atoms with Gasteiger partial charge >= 0.3 is 0 Å². The number of rotatable bonds is 8. The molecule has 166 valence electrons. The highest BCUT2D eigenvalue weighted by molar-refractivity contribution is 6.06. The minimum absolute atomic E-state index is 0.0110. The lowest BCUT2D eigenvalue weighted by Gasteiger charge is -2.13. The molecule has 1 heterocycles. The Morgan fingerprint density at radius 3 is 2.36 bits per heavy atom. The van der Waals surface area contributed by atoms with Crippen molar-refractivity contribution in [3.63, 3.8) is 0 Å². The molecule has 1 amide bonds. The van der Waals surface area contributed by atoms with Gasteiger partial charge in [0.25, 0.3) is 5.91 Å². The first kappa shape index (κ1) is 21.6. The van der Waals surface area contributed by atoms with E-state index in [1.807, 2.05) is 54.6 Å². The van der Waals surface area contributed by atoms with E-state index in [0.717, 1.165) is 0 Å². The van der Waals surface area contributed by atoms with Crippen molar-refractivity contribution in [2.75, 3.05) is 23.5 Å². The predicted molar refractivity (Wildman–Crippen MR) is 126 cm³/mol. The lowest BCUT2D eigenvalue weighted by atomic mass is 10.2. The fourth-order valence-electron chi connectivity index (χ4n) is 3.07. The van der Waals surface area contributed by atoms with E-state index in [2.05, 4.69) is 25.6 Å². The van der Waals surface area contributed by atoms with Crippen molar-refractivity contribution < 1.29 is 14.3 Å². The van der Waals surface area contributed by atoms with Crippen LogP contribution in [0, 0.1) is 0 Å². The average molecular weight is 442 g/mol. The zero-order valence-corrected chi connectivity index (χ0v) is 17.9. The molecule has 0 aliphatic carbocycles. The van der Waals surface area contributed by atoms with Gasteiger partial charge in [-0.1, -0.05) is 42.5 Å². The minimum Gasteiger partial charge on any atom is -0.495 e. The van der Waals surface area contributed by atoms with Crippen molar-refractivity contribution in [3.05, 3.63) is 90.3 Å². The van der Waals surface area contributed by atoms with Crippen molar-refractivity contribution in [2.24, 2.45) is 0 Å². The van der Waals surface area contributed by atoms with Gasteiger partial charge < -0.3 is 25.8 Å². The van der Waals surface area contributed by atoms with Crippen molar-refractivity contribution in [1.82, 2.24) is 15.0 Å². The van der Waals surface area contributed by atoms with Crippen LogP contribution in [0.2, 0.25) is 0 Å². The van der Waals surface area contributed by atoms with E-state index >= 15 is 0 Å². The van der Waals surface area contributed by atoms with Gasteiger partial charge in [0.15, 0.2) is 5.82 Å². The summed E-state index contributed by atoms with van der Waals surface area (Å²) >= 11 is 0. The highest BCUT2D eigenvalue weighted by Crippen LogP contribution is 2.26. The number of methoxy groups -OCH3 is 1. The maximum atomic E-state index is 12.7. The molecule has 1 aromatic heterocycles. The number of anilines is 4. The second kappa shape index (κ2) is 10.1. The van der Waals surface area contributed by atoms with E-state index in [1.165, 1.54) is 0 Å². The van der Waals surface area contributed by atoms with Gasteiger partial charge in [-0.05, 0) is 36.4 Å². The summed E-state index contributed by atoms with van der Waals surface area (Å²) in [7, 11) is 1.58. The monoisotopic (exact) mass is 442 g/mol. The number of carbonyl (C=O) groups is 1. The van der Waals surface area contributed by atoms with Crippen LogP contribution >= 0.6 is 0 Å². The summed E-state index contributed by atoms with van der Waals surface area (Å²) in [6.07, 6.45) is 0. The highest BCUT2D eigenvalue weighted by atomic mass is 16.5. The first-order valence-electron chi connectivity index (χ1n) is 10.1. The zero-order valence-electron chi connectivity index (χ0n) is 17.9. The molecular weight excluding hydrogens is 420 g/mol. The van der Waals surface area contributed by atoms with Gasteiger partial charge in [-0.2, -0.15) is 15.0 Å². The summed E-state index contributed by atoms with van der Waals surface area (Å²) in [6, 6.07) is 23.5. The molecule has 0 atom stereocenters. The first-order valence-corrected chi connectivity index (χ1v) is 10.1. The number of nitrogens with two attached hydrogens (primary N) is 1. The molecule has 3 aromatic carbocycles. The van der Waals surface area contributed by atoms with Crippen LogP contribution in [0.25, 0.3) is 0 Å². The Kier molecular flexibility index (Phi) is 6.60. The maximum Gasteiger partial charge on any atom is 0.259 e. The molecule has 0 aliphatic heterocycles. The highest BCUT2D eigenvalue weighted by Gasteiger charge is 2.14. The molecule has 4 aromatic rings. The summed E-state index contributed by atoms with van der Waals surface area (Å²) in [6.45, 7) is -0.0110.